The maximum atomic E-state index is 10.4. The lowest BCUT2D eigenvalue weighted by Crippen LogP contribution is -3.11. The number of hydrogen-bond donors (Lipinski definition) is 2. The fourth-order valence-electron chi connectivity index (χ4n) is 1.17. The second-order valence-electron chi connectivity index (χ2n) is 3.10. The molecule has 1 heterocycles. The standard InChI is InChI=1S/C8H15NO2S2.ClH/c10-8(11)2-3-9-6-12-4-1-5-13-7-9;/h1-7H2,(H,10,11);1H. The van der Waals surface area contributed by atoms with E-state index in [-0.39, 0.29) is 12.4 Å². The van der Waals surface area contributed by atoms with E-state index in [2.05, 4.69) is 0 Å². The SMILES string of the molecule is O=C(O)CC[NH+]1CSCCCSC1.[Cl-]. The molecular weight excluding hydrogens is 242 g/mol. The maximum Gasteiger partial charge on any atom is 0.309 e. The molecule has 0 bridgehead atoms. The number of aliphatic carboxylic acids is 1. The van der Waals surface area contributed by atoms with Crippen LogP contribution in [0.2, 0.25) is 0 Å². The molecular formula is C8H16ClNO2S2. The van der Waals surface area contributed by atoms with E-state index in [1.807, 2.05) is 23.5 Å². The Kier molecular flexibility index (Phi) is 8.97. The lowest BCUT2D eigenvalue weighted by atomic mass is 10.4. The summed E-state index contributed by atoms with van der Waals surface area (Å²) in [6.45, 7) is 0.773. The second-order valence-corrected chi connectivity index (χ2v) is 5.31. The first-order valence-electron chi connectivity index (χ1n) is 4.50. The van der Waals surface area contributed by atoms with Crippen LogP contribution in [0.1, 0.15) is 12.8 Å². The van der Waals surface area contributed by atoms with Gasteiger partial charge < -0.3 is 22.4 Å². The van der Waals surface area contributed by atoms with Crippen molar-refractivity contribution in [1.82, 2.24) is 0 Å². The van der Waals surface area contributed by atoms with Crippen LogP contribution < -0.4 is 17.3 Å². The Hall–Kier alpha value is 0.420. The molecule has 1 fully saturated rings. The topological polar surface area (TPSA) is 41.7 Å². The molecule has 0 atom stereocenters. The Labute approximate surface area is 99.4 Å². The molecule has 0 aromatic heterocycles. The van der Waals surface area contributed by atoms with Crippen molar-refractivity contribution < 1.29 is 27.2 Å². The molecule has 0 spiro atoms. The summed E-state index contributed by atoms with van der Waals surface area (Å²) >= 11 is 3.89. The number of hydrogen-bond acceptors (Lipinski definition) is 3. The van der Waals surface area contributed by atoms with Crippen molar-refractivity contribution >= 4 is 29.5 Å². The van der Waals surface area contributed by atoms with E-state index in [1.165, 1.54) is 22.8 Å². The third-order valence-corrected chi connectivity index (χ3v) is 4.26. The van der Waals surface area contributed by atoms with Crippen LogP contribution in [0, 0.1) is 0 Å². The monoisotopic (exact) mass is 257 g/mol. The number of nitrogens with one attached hydrogen (secondary N) is 1. The van der Waals surface area contributed by atoms with Crippen LogP contribution in [0.15, 0.2) is 0 Å². The molecule has 2 N–H and O–H groups in total. The van der Waals surface area contributed by atoms with Gasteiger partial charge in [-0.2, -0.15) is 0 Å². The summed E-state index contributed by atoms with van der Waals surface area (Å²) in [6, 6.07) is 0. The van der Waals surface area contributed by atoms with E-state index in [1.54, 1.807) is 0 Å². The molecule has 1 aliphatic heterocycles. The smallest absolute Gasteiger partial charge is 0.309 e. The minimum Gasteiger partial charge on any atom is -1.00 e. The highest BCUT2D eigenvalue weighted by Gasteiger charge is 2.12. The largest absolute Gasteiger partial charge is 1.00 e. The van der Waals surface area contributed by atoms with Gasteiger partial charge in [0.2, 0.25) is 0 Å². The van der Waals surface area contributed by atoms with E-state index in [4.69, 9.17) is 5.11 Å². The Bertz CT molecular complexity index is 163. The maximum absolute atomic E-state index is 10.4. The molecule has 14 heavy (non-hydrogen) atoms. The van der Waals surface area contributed by atoms with Crippen molar-refractivity contribution in [3.63, 3.8) is 0 Å². The van der Waals surface area contributed by atoms with Crippen LogP contribution in [-0.2, 0) is 4.79 Å². The molecule has 0 aromatic carbocycles. The van der Waals surface area contributed by atoms with Crippen LogP contribution in [0.25, 0.3) is 0 Å². The molecule has 1 saturated heterocycles. The molecule has 0 radical (unpaired) electrons. The van der Waals surface area contributed by atoms with Crippen LogP contribution >= 0.6 is 23.5 Å². The Balaban J connectivity index is 0.00000169. The van der Waals surface area contributed by atoms with Crippen LogP contribution in [0.3, 0.4) is 0 Å². The normalized spacial score (nSPS) is 19.1. The van der Waals surface area contributed by atoms with Crippen molar-refractivity contribution in [3.8, 4) is 0 Å². The zero-order valence-corrected chi connectivity index (χ0v) is 10.4. The number of carboxylic acids is 1. The third kappa shape index (κ3) is 6.81. The molecule has 1 aliphatic rings. The number of halogens is 1. The highest BCUT2D eigenvalue weighted by atomic mass is 35.5. The fraction of sp³-hybridized carbons (Fsp3) is 0.875. The van der Waals surface area contributed by atoms with Gasteiger partial charge in [-0.1, -0.05) is 0 Å². The predicted octanol–water partition coefficient (Wildman–Crippen LogP) is -2.86. The van der Waals surface area contributed by atoms with Crippen LogP contribution in [-0.4, -0.2) is 40.9 Å². The average Bonchev–Trinajstić information content (AvgIpc) is 2.01. The van der Waals surface area contributed by atoms with Crippen molar-refractivity contribution in [2.24, 2.45) is 0 Å². The molecule has 84 valence electrons. The number of thioether (sulfide) groups is 2. The van der Waals surface area contributed by atoms with Crippen molar-refractivity contribution in [3.05, 3.63) is 0 Å². The summed E-state index contributed by atoms with van der Waals surface area (Å²) in [5, 5.41) is 8.54. The fourth-order valence-corrected chi connectivity index (χ4v) is 3.53. The number of rotatable bonds is 3. The zero-order valence-electron chi connectivity index (χ0n) is 8.00. The van der Waals surface area contributed by atoms with Gasteiger partial charge in [0, 0.05) is 0 Å². The Morgan fingerprint density at radius 2 is 1.86 bits per heavy atom. The lowest BCUT2D eigenvalue weighted by Gasteiger charge is -2.19. The van der Waals surface area contributed by atoms with Crippen LogP contribution in [0.4, 0.5) is 0 Å². The van der Waals surface area contributed by atoms with Gasteiger partial charge in [-0.15, -0.1) is 23.5 Å². The first kappa shape index (κ1) is 14.4. The highest BCUT2D eigenvalue weighted by Crippen LogP contribution is 2.07. The molecule has 6 heteroatoms. The molecule has 0 amide bonds. The lowest BCUT2D eigenvalue weighted by molar-refractivity contribution is -0.873. The minimum atomic E-state index is -0.676. The Morgan fingerprint density at radius 1 is 1.29 bits per heavy atom. The van der Waals surface area contributed by atoms with Crippen molar-refractivity contribution in [2.75, 3.05) is 29.8 Å². The van der Waals surface area contributed by atoms with Gasteiger partial charge >= 0.3 is 5.97 Å². The molecule has 0 aliphatic carbocycles. The van der Waals surface area contributed by atoms with Crippen LogP contribution in [0.5, 0.6) is 0 Å². The number of carboxylic acid groups (broad SMARTS) is 1. The molecule has 0 aromatic rings. The summed E-state index contributed by atoms with van der Waals surface area (Å²) in [5.41, 5.74) is 0. The molecule has 0 saturated carbocycles. The van der Waals surface area contributed by atoms with Gasteiger partial charge in [0.15, 0.2) is 0 Å². The first-order valence-corrected chi connectivity index (χ1v) is 6.81. The summed E-state index contributed by atoms with van der Waals surface area (Å²) in [6.07, 6.45) is 1.60. The van der Waals surface area contributed by atoms with Gasteiger partial charge in [0.1, 0.15) is 11.8 Å². The summed E-state index contributed by atoms with van der Waals surface area (Å²) in [7, 11) is 0. The summed E-state index contributed by atoms with van der Waals surface area (Å²) in [5.74, 6) is 3.91. The predicted molar refractivity (Wildman–Crippen MR) is 57.3 cm³/mol. The van der Waals surface area contributed by atoms with E-state index < -0.39 is 5.97 Å². The highest BCUT2D eigenvalue weighted by molar-refractivity contribution is 8.00. The molecule has 1 rings (SSSR count). The van der Waals surface area contributed by atoms with Crippen molar-refractivity contribution in [2.45, 2.75) is 12.8 Å². The Morgan fingerprint density at radius 3 is 2.36 bits per heavy atom. The van der Waals surface area contributed by atoms with Gasteiger partial charge in [0.25, 0.3) is 0 Å². The number of carbonyl (C=O) groups is 1. The van der Waals surface area contributed by atoms with E-state index in [0.29, 0.717) is 6.42 Å². The second kappa shape index (κ2) is 8.71. The summed E-state index contributed by atoms with van der Waals surface area (Å²) in [4.78, 5) is 11.8. The van der Waals surface area contributed by atoms with Gasteiger partial charge in [-0.25, -0.2) is 0 Å². The average molecular weight is 258 g/mol. The van der Waals surface area contributed by atoms with E-state index in [9.17, 15) is 4.79 Å². The third-order valence-electron chi connectivity index (χ3n) is 1.88. The summed E-state index contributed by atoms with van der Waals surface area (Å²) < 4.78 is 0. The van der Waals surface area contributed by atoms with Gasteiger partial charge in [-0.05, 0) is 17.9 Å². The minimum absolute atomic E-state index is 0. The van der Waals surface area contributed by atoms with E-state index >= 15 is 0 Å². The first-order chi connectivity index (χ1) is 6.29. The van der Waals surface area contributed by atoms with Gasteiger partial charge in [-0.3, -0.25) is 4.79 Å². The quantitative estimate of drug-likeness (QED) is 0.571. The van der Waals surface area contributed by atoms with Crippen molar-refractivity contribution in [1.29, 1.82) is 0 Å². The number of quaternary nitrogens is 1. The zero-order chi connectivity index (χ0) is 9.52. The molecule has 0 unspecified atom stereocenters. The van der Waals surface area contributed by atoms with E-state index in [0.717, 1.165) is 18.3 Å². The van der Waals surface area contributed by atoms with Gasteiger partial charge in [0.05, 0.1) is 13.0 Å². The molecule has 3 nitrogen and oxygen atoms in total.